The molecule has 10 heteroatoms. The fourth-order valence-corrected chi connectivity index (χ4v) is 2.83. The molecule has 0 aliphatic heterocycles. The van der Waals surface area contributed by atoms with Crippen molar-refractivity contribution in [1.29, 1.82) is 0 Å². The van der Waals surface area contributed by atoms with Crippen LogP contribution in [0.3, 0.4) is 0 Å². The van der Waals surface area contributed by atoms with Crippen LogP contribution in [0.2, 0.25) is 0 Å². The highest BCUT2D eigenvalue weighted by Crippen LogP contribution is 2.25. The molecular formula is C22H14N4O6. The fraction of sp³-hybridized carbons (Fsp3) is 0. The van der Waals surface area contributed by atoms with Crippen molar-refractivity contribution in [1.82, 2.24) is 0 Å². The second kappa shape index (κ2) is 8.88. The van der Waals surface area contributed by atoms with E-state index in [2.05, 4.69) is 10.2 Å². The monoisotopic (exact) mass is 430 g/mol. The van der Waals surface area contributed by atoms with Gasteiger partial charge < -0.3 is 8.83 Å². The number of nitro benzene ring substituents is 2. The quantitative estimate of drug-likeness (QED) is 0.216. The summed E-state index contributed by atoms with van der Waals surface area (Å²) in [5.41, 5.74) is 1.42. The van der Waals surface area contributed by atoms with E-state index in [1.807, 2.05) is 0 Å². The first kappa shape index (κ1) is 20.4. The minimum atomic E-state index is -0.462. The average molecular weight is 430 g/mol. The van der Waals surface area contributed by atoms with Gasteiger partial charge in [0.05, 0.1) is 22.3 Å². The first-order chi connectivity index (χ1) is 15.5. The van der Waals surface area contributed by atoms with Crippen LogP contribution in [0.5, 0.6) is 0 Å². The lowest BCUT2D eigenvalue weighted by molar-refractivity contribution is -0.385. The predicted octanol–water partition coefficient (Wildman–Crippen LogP) is 5.48. The number of hydrogen-bond donors (Lipinski definition) is 0. The number of nitrogens with zero attached hydrogens (tertiary/aromatic N) is 4. The van der Waals surface area contributed by atoms with Crippen molar-refractivity contribution in [3.05, 3.63) is 105 Å². The summed E-state index contributed by atoms with van der Waals surface area (Å²) in [5.74, 6) is 2.01. The molecule has 2 heterocycles. The molecule has 10 nitrogen and oxygen atoms in total. The van der Waals surface area contributed by atoms with Crippen LogP contribution in [0.15, 0.2) is 91.8 Å². The summed E-state index contributed by atoms with van der Waals surface area (Å²) < 4.78 is 11.3. The van der Waals surface area contributed by atoms with Gasteiger partial charge in [-0.05, 0) is 48.5 Å². The Morgan fingerprint density at radius 2 is 0.969 bits per heavy atom. The Kier molecular flexibility index (Phi) is 5.66. The smallest absolute Gasteiger partial charge is 0.269 e. The highest BCUT2D eigenvalue weighted by Gasteiger charge is 2.09. The van der Waals surface area contributed by atoms with E-state index in [-0.39, 0.29) is 11.4 Å². The molecule has 0 saturated heterocycles. The minimum Gasteiger partial charge on any atom is -0.455 e. The van der Waals surface area contributed by atoms with Crippen molar-refractivity contribution in [2.75, 3.05) is 0 Å². The molecule has 158 valence electrons. The van der Waals surface area contributed by atoms with E-state index in [1.54, 1.807) is 48.5 Å². The van der Waals surface area contributed by atoms with E-state index < -0.39 is 9.85 Å². The molecule has 0 radical (unpaired) electrons. The van der Waals surface area contributed by atoms with Crippen molar-refractivity contribution >= 4 is 23.8 Å². The second-order valence-corrected chi connectivity index (χ2v) is 6.50. The maximum absolute atomic E-state index is 10.7. The Labute approximate surface area is 180 Å². The zero-order valence-corrected chi connectivity index (χ0v) is 16.3. The van der Waals surface area contributed by atoms with Crippen molar-refractivity contribution in [2.45, 2.75) is 0 Å². The van der Waals surface area contributed by atoms with Gasteiger partial charge in [0, 0.05) is 35.4 Å². The first-order valence-electron chi connectivity index (χ1n) is 9.25. The molecule has 0 spiro atoms. The Morgan fingerprint density at radius 3 is 1.31 bits per heavy atom. The van der Waals surface area contributed by atoms with Gasteiger partial charge in [-0.2, -0.15) is 10.2 Å². The average Bonchev–Trinajstić information content (AvgIpc) is 3.47. The zero-order chi connectivity index (χ0) is 22.5. The van der Waals surface area contributed by atoms with Crippen LogP contribution in [0, 0.1) is 20.2 Å². The number of non-ortho nitro benzene ring substituents is 2. The van der Waals surface area contributed by atoms with Crippen LogP contribution in [0.4, 0.5) is 11.4 Å². The normalized spacial score (nSPS) is 11.4. The highest BCUT2D eigenvalue weighted by molar-refractivity contribution is 5.80. The van der Waals surface area contributed by atoms with Crippen LogP contribution < -0.4 is 0 Å². The lowest BCUT2D eigenvalue weighted by Gasteiger charge is -1.96. The molecule has 0 fully saturated rings. The maximum atomic E-state index is 10.7. The van der Waals surface area contributed by atoms with E-state index in [1.165, 1.54) is 36.7 Å². The van der Waals surface area contributed by atoms with Gasteiger partial charge >= 0.3 is 0 Å². The molecule has 0 N–H and O–H groups in total. The Bertz CT molecular complexity index is 1210. The molecule has 4 aromatic rings. The number of hydrogen-bond acceptors (Lipinski definition) is 8. The van der Waals surface area contributed by atoms with Crippen LogP contribution in [-0.2, 0) is 0 Å². The largest absolute Gasteiger partial charge is 0.455 e. The van der Waals surface area contributed by atoms with Crippen molar-refractivity contribution < 1.29 is 18.7 Å². The topological polar surface area (TPSA) is 137 Å². The third-order valence-corrected chi connectivity index (χ3v) is 4.42. The van der Waals surface area contributed by atoms with Gasteiger partial charge in [-0.25, -0.2) is 0 Å². The summed E-state index contributed by atoms with van der Waals surface area (Å²) in [4.78, 5) is 20.5. The Hall–Kier alpha value is -4.86. The number of nitro groups is 2. The maximum Gasteiger partial charge on any atom is 0.269 e. The van der Waals surface area contributed by atoms with Crippen LogP contribution >= 0.6 is 0 Å². The van der Waals surface area contributed by atoms with Crippen LogP contribution in [0.25, 0.3) is 22.6 Å². The summed E-state index contributed by atoms with van der Waals surface area (Å²) in [6.45, 7) is 0. The summed E-state index contributed by atoms with van der Waals surface area (Å²) in [5, 5.41) is 29.3. The lowest BCUT2D eigenvalue weighted by atomic mass is 10.1. The first-order valence-corrected chi connectivity index (χ1v) is 9.25. The molecule has 4 rings (SSSR count). The Morgan fingerprint density at radius 1 is 0.594 bits per heavy atom. The number of furan rings is 2. The molecule has 0 aliphatic carbocycles. The van der Waals surface area contributed by atoms with Gasteiger partial charge in [0.15, 0.2) is 0 Å². The van der Waals surface area contributed by atoms with Gasteiger partial charge in [-0.3, -0.25) is 20.2 Å². The molecule has 2 aromatic carbocycles. The van der Waals surface area contributed by atoms with E-state index in [9.17, 15) is 20.2 Å². The second-order valence-electron chi connectivity index (χ2n) is 6.50. The van der Waals surface area contributed by atoms with E-state index in [0.29, 0.717) is 34.2 Å². The number of benzene rings is 2. The van der Waals surface area contributed by atoms with Gasteiger partial charge in [0.1, 0.15) is 23.0 Å². The third-order valence-electron chi connectivity index (χ3n) is 4.42. The summed E-state index contributed by atoms with van der Waals surface area (Å²) in [6, 6.07) is 18.9. The molecule has 0 aliphatic rings. The fourth-order valence-electron chi connectivity index (χ4n) is 2.83. The molecule has 0 unspecified atom stereocenters. The summed E-state index contributed by atoms with van der Waals surface area (Å²) in [6.07, 6.45) is 2.84. The molecule has 2 aromatic heterocycles. The molecule has 0 bridgehead atoms. The summed E-state index contributed by atoms with van der Waals surface area (Å²) in [7, 11) is 0. The molecule has 0 saturated carbocycles. The van der Waals surface area contributed by atoms with Gasteiger partial charge in [0.25, 0.3) is 11.4 Å². The Balaban J connectivity index is 1.39. The van der Waals surface area contributed by atoms with E-state index in [0.717, 1.165) is 0 Å². The molecule has 0 amide bonds. The van der Waals surface area contributed by atoms with Crippen molar-refractivity contribution in [3.8, 4) is 22.6 Å². The van der Waals surface area contributed by atoms with Crippen molar-refractivity contribution in [2.24, 2.45) is 10.2 Å². The molecular weight excluding hydrogens is 416 g/mol. The lowest BCUT2D eigenvalue weighted by Crippen LogP contribution is -1.86. The van der Waals surface area contributed by atoms with Gasteiger partial charge in [-0.1, -0.05) is 0 Å². The SMILES string of the molecule is O=[N+]([O-])c1ccc(-c2ccc(/C=N/N=C/c3ccc(-c4ccc([N+](=O)[O-])cc4)o3)o2)cc1. The van der Waals surface area contributed by atoms with Gasteiger partial charge in [0.2, 0.25) is 0 Å². The zero-order valence-electron chi connectivity index (χ0n) is 16.3. The van der Waals surface area contributed by atoms with E-state index in [4.69, 9.17) is 8.83 Å². The number of rotatable bonds is 7. The predicted molar refractivity (Wildman–Crippen MR) is 117 cm³/mol. The molecule has 32 heavy (non-hydrogen) atoms. The van der Waals surface area contributed by atoms with E-state index >= 15 is 0 Å². The standard InChI is InChI=1S/C22H14N4O6/c27-25(28)17-5-1-15(2-6-17)21-11-9-19(31-21)13-23-24-14-20-10-12-22(32-20)16-3-7-18(8-4-16)26(29)30/h1-14H/b23-13+,24-14+. The minimum absolute atomic E-state index is 0.00564. The molecule has 0 atom stereocenters. The highest BCUT2D eigenvalue weighted by atomic mass is 16.6. The van der Waals surface area contributed by atoms with Gasteiger partial charge in [-0.15, -0.1) is 0 Å². The van der Waals surface area contributed by atoms with Crippen molar-refractivity contribution in [3.63, 3.8) is 0 Å². The third kappa shape index (κ3) is 4.65. The van der Waals surface area contributed by atoms with Crippen LogP contribution in [0.1, 0.15) is 11.5 Å². The summed E-state index contributed by atoms with van der Waals surface area (Å²) >= 11 is 0. The van der Waals surface area contributed by atoms with Crippen LogP contribution in [-0.4, -0.2) is 22.3 Å².